The van der Waals surface area contributed by atoms with Crippen LogP contribution in [-0.2, 0) is 6.42 Å². The minimum atomic E-state index is -0.0567. The smallest absolute Gasteiger partial charge is 0.251 e. The summed E-state index contributed by atoms with van der Waals surface area (Å²) in [5.74, 6) is -0.0567. The van der Waals surface area contributed by atoms with E-state index in [2.05, 4.69) is 5.32 Å². The number of hydrogen-bond acceptors (Lipinski definition) is 3. The average molecular weight is 265 g/mol. The molecule has 98 valence electrons. The number of nitrogens with zero attached hydrogens (tertiary/aromatic N) is 1. The van der Waals surface area contributed by atoms with Gasteiger partial charge < -0.3 is 16.0 Å². The van der Waals surface area contributed by atoms with Gasteiger partial charge in [-0.1, -0.05) is 24.4 Å². The molecule has 5 heteroatoms. The third kappa shape index (κ3) is 5.25. The van der Waals surface area contributed by atoms with Crippen molar-refractivity contribution >= 4 is 23.1 Å². The molecule has 18 heavy (non-hydrogen) atoms. The first-order chi connectivity index (χ1) is 8.49. The van der Waals surface area contributed by atoms with E-state index in [-0.39, 0.29) is 5.91 Å². The summed E-state index contributed by atoms with van der Waals surface area (Å²) in [6.07, 6.45) is 0.567. The molecule has 4 nitrogen and oxygen atoms in total. The molecule has 0 bridgehead atoms. The number of nitrogens with two attached hydrogens (primary N) is 1. The Morgan fingerprint density at radius 1 is 1.33 bits per heavy atom. The summed E-state index contributed by atoms with van der Waals surface area (Å²) in [6, 6.07) is 7.33. The van der Waals surface area contributed by atoms with Crippen LogP contribution in [0.25, 0.3) is 0 Å². The predicted octanol–water partition coefficient (Wildman–Crippen LogP) is 0.807. The number of nitrogens with one attached hydrogen (secondary N) is 1. The highest BCUT2D eigenvalue weighted by molar-refractivity contribution is 7.80. The second-order valence-corrected chi connectivity index (χ2v) is 4.92. The molecule has 0 heterocycles. The fraction of sp³-hybridized carbons (Fsp3) is 0.385. The van der Waals surface area contributed by atoms with Crippen molar-refractivity contribution in [1.82, 2.24) is 10.2 Å². The number of thiocarbonyl (C=S) groups is 1. The zero-order valence-corrected chi connectivity index (χ0v) is 11.6. The minimum Gasteiger partial charge on any atom is -0.393 e. The molecule has 1 amide bonds. The first kappa shape index (κ1) is 14.6. The van der Waals surface area contributed by atoms with Gasteiger partial charge in [-0.3, -0.25) is 4.79 Å². The highest BCUT2D eigenvalue weighted by Crippen LogP contribution is 2.05. The maximum Gasteiger partial charge on any atom is 0.251 e. The van der Waals surface area contributed by atoms with Gasteiger partial charge in [-0.25, -0.2) is 0 Å². The highest BCUT2D eigenvalue weighted by Gasteiger charge is 2.05. The highest BCUT2D eigenvalue weighted by atomic mass is 32.1. The van der Waals surface area contributed by atoms with Crippen LogP contribution in [0.3, 0.4) is 0 Å². The van der Waals surface area contributed by atoms with Crippen molar-refractivity contribution in [3.05, 3.63) is 35.4 Å². The molecule has 1 rings (SSSR count). The van der Waals surface area contributed by atoms with Crippen LogP contribution in [0.15, 0.2) is 24.3 Å². The third-order valence-corrected chi connectivity index (χ3v) is 2.58. The SMILES string of the molecule is CN(C)CCNC(=O)c1ccc(CC(N)=S)cc1. The maximum atomic E-state index is 11.8. The summed E-state index contributed by atoms with van der Waals surface area (Å²) in [5, 5.41) is 2.86. The molecule has 0 aromatic heterocycles. The molecular weight excluding hydrogens is 246 g/mol. The van der Waals surface area contributed by atoms with E-state index in [1.165, 1.54) is 0 Å². The molecule has 0 unspecified atom stereocenters. The number of hydrogen-bond donors (Lipinski definition) is 2. The van der Waals surface area contributed by atoms with E-state index in [0.29, 0.717) is 23.5 Å². The van der Waals surface area contributed by atoms with Crippen LogP contribution < -0.4 is 11.1 Å². The number of rotatable bonds is 6. The first-order valence-corrected chi connectivity index (χ1v) is 6.20. The van der Waals surface area contributed by atoms with E-state index in [9.17, 15) is 4.79 Å². The largest absolute Gasteiger partial charge is 0.393 e. The fourth-order valence-electron chi connectivity index (χ4n) is 1.47. The lowest BCUT2D eigenvalue weighted by Crippen LogP contribution is -2.31. The van der Waals surface area contributed by atoms with Crippen molar-refractivity contribution in [2.24, 2.45) is 5.73 Å². The van der Waals surface area contributed by atoms with Crippen LogP contribution in [0.2, 0.25) is 0 Å². The van der Waals surface area contributed by atoms with Gasteiger partial charge in [0.2, 0.25) is 0 Å². The first-order valence-electron chi connectivity index (χ1n) is 5.79. The Hall–Kier alpha value is -1.46. The van der Waals surface area contributed by atoms with E-state index >= 15 is 0 Å². The van der Waals surface area contributed by atoms with E-state index < -0.39 is 0 Å². The Balaban J connectivity index is 2.51. The molecule has 0 radical (unpaired) electrons. The quantitative estimate of drug-likeness (QED) is 0.747. The maximum absolute atomic E-state index is 11.8. The zero-order valence-electron chi connectivity index (χ0n) is 10.8. The van der Waals surface area contributed by atoms with Gasteiger partial charge in [0.05, 0.1) is 4.99 Å². The summed E-state index contributed by atoms with van der Waals surface area (Å²) in [5.41, 5.74) is 7.14. The van der Waals surface area contributed by atoms with E-state index in [1.54, 1.807) is 12.1 Å². The Labute approximate surface area is 113 Å². The van der Waals surface area contributed by atoms with Crippen LogP contribution in [0, 0.1) is 0 Å². The Bertz CT molecular complexity index is 415. The summed E-state index contributed by atoms with van der Waals surface area (Å²) in [4.78, 5) is 14.3. The molecular formula is C13H19N3OS. The van der Waals surface area contributed by atoms with Crippen LogP contribution in [0.5, 0.6) is 0 Å². The van der Waals surface area contributed by atoms with Gasteiger partial charge >= 0.3 is 0 Å². The molecule has 3 N–H and O–H groups in total. The van der Waals surface area contributed by atoms with Crippen LogP contribution >= 0.6 is 12.2 Å². The fourth-order valence-corrected chi connectivity index (χ4v) is 1.64. The van der Waals surface area contributed by atoms with Gasteiger partial charge in [0.1, 0.15) is 0 Å². The minimum absolute atomic E-state index is 0.0567. The molecule has 0 atom stereocenters. The molecule has 0 spiro atoms. The van der Waals surface area contributed by atoms with Crippen molar-refractivity contribution in [3.8, 4) is 0 Å². The van der Waals surface area contributed by atoms with Crippen molar-refractivity contribution < 1.29 is 4.79 Å². The van der Waals surface area contributed by atoms with E-state index in [0.717, 1.165) is 12.1 Å². The molecule has 0 fully saturated rings. The van der Waals surface area contributed by atoms with Crippen LogP contribution in [0.4, 0.5) is 0 Å². The van der Waals surface area contributed by atoms with E-state index in [1.807, 2.05) is 31.1 Å². The lowest BCUT2D eigenvalue weighted by Gasteiger charge is -2.10. The second kappa shape index (κ2) is 7.08. The lowest BCUT2D eigenvalue weighted by molar-refractivity contribution is 0.0951. The average Bonchev–Trinajstić information content (AvgIpc) is 2.28. The Morgan fingerprint density at radius 3 is 2.44 bits per heavy atom. The standard InChI is InChI=1S/C13H19N3OS/c1-16(2)8-7-15-13(17)11-5-3-10(4-6-11)9-12(14)18/h3-6H,7-9H2,1-2H3,(H2,14,18)(H,15,17). The van der Waals surface area contributed by atoms with Gasteiger partial charge in [-0.2, -0.15) is 0 Å². The topological polar surface area (TPSA) is 58.4 Å². The van der Waals surface area contributed by atoms with Gasteiger partial charge in [0.15, 0.2) is 0 Å². The van der Waals surface area contributed by atoms with Crippen molar-refractivity contribution in [3.63, 3.8) is 0 Å². The lowest BCUT2D eigenvalue weighted by atomic mass is 10.1. The number of carbonyl (C=O) groups is 1. The summed E-state index contributed by atoms with van der Waals surface area (Å²) >= 11 is 4.84. The third-order valence-electron chi connectivity index (χ3n) is 2.44. The summed E-state index contributed by atoms with van der Waals surface area (Å²) in [6.45, 7) is 1.46. The molecule has 1 aromatic rings. The van der Waals surface area contributed by atoms with Gasteiger partial charge in [-0.05, 0) is 31.8 Å². The molecule has 0 saturated heterocycles. The van der Waals surface area contributed by atoms with Gasteiger partial charge in [-0.15, -0.1) is 0 Å². The molecule has 0 aliphatic carbocycles. The van der Waals surface area contributed by atoms with Gasteiger partial charge in [0.25, 0.3) is 5.91 Å². The van der Waals surface area contributed by atoms with Crippen molar-refractivity contribution in [1.29, 1.82) is 0 Å². The number of likely N-dealkylation sites (N-methyl/N-ethyl adjacent to an activating group) is 1. The normalized spacial score (nSPS) is 10.4. The number of benzene rings is 1. The van der Waals surface area contributed by atoms with Gasteiger partial charge in [0, 0.05) is 25.1 Å². The number of carbonyl (C=O) groups excluding carboxylic acids is 1. The molecule has 0 saturated carbocycles. The molecule has 0 aliphatic heterocycles. The van der Waals surface area contributed by atoms with Crippen molar-refractivity contribution in [2.75, 3.05) is 27.2 Å². The number of amides is 1. The van der Waals surface area contributed by atoms with Crippen molar-refractivity contribution in [2.45, 2.75) is 6.42 Å². The Morgan fingerprint density at radius 2 is 1.94 bits per heavy atom. The van der Waals surface area contributed by atoms with Crippen LogP contribution in [0.1, 0.15) is 15.9 Å². The second-order valence-electron chi connectivity index (χ2n) is 4.40. The Kier molecular flexibility index (Phi) is 5.74. The molecule has 1 aromatic carbocycles. The van der Waals surface area contributed by atoms with Crippen LogP contribution in [-0.4, -0.2) is 43.0 Å². The van der Waals surface area contributed by atoms with E-state index in [4.69, 9.17) is 18.0 Å². The summed E-state index contributed by atoms with van der Waals surface area (Å²) < 4.78 is 0. The monoisotopic (exact) mass is 265 g/mol. The summed E-state index contributed by atoms with van der Waals surface area (Å²) in [7, 11) is 3.94. The zero-order chi connectivity index (χ0) is 13.5. The predicted molar refractivity (Wildman–Crippen MR) is 77.8 cm³/mol. The molecule has 0 aliphatic rings.